The zero-order valence-corrected chi connectivity index (χ0v) is 14.4. The number of pyridine rings is 1. The summed E-state index contributed by atoms with van der Waals surface area (Å²) in [5, 5.41) is 5.12. The van der Waals surface area contributed by atoms with Gasteiger partial charge in [0, 0.05) is 17.1 Å². The van der Waals surface area contributed by atoms with Crippen LogP contribution in [0.5, 0.6) is 0 Å². The van der Waals surface area contributed by atoms with Crippen LogP contribution in [0, 0.1) is 13.8 Å². The fraction of sp³-hybridized carbons (Fsp3) is 0.174. The maximum absolute atomic E-state index is 4.71. The van der Waals surface area contributed by atoms with Crippen molar-refractivity contribution in [2.45, 2.75) is 27.2 Å². The van der Waals surface area contributed by atoms with Crippen LogP contribution in [0.1, 0.15) is 23.6 Å². The molecule has 0 aliphatic rings. The zero-order chi connectivity index (χ0) is 16.7. The highest BCUT2D eigenvalue weighted by Crippen LogP contribution is 2.32. The van der Waals surface area contributed by atoms with Crippen LogP contribution < -0.4 is 0 Å². The van der Waals surface area contributed by atoms with E-state index in [1.165, 1.54) is 43.8 Å². The maximum atomic E-state index is 4.71. The van der Waals surface area contributed by atoms with E-state index < -0.39 is 0 Å². The summed E-state index contributed by atoms with van der Waals surface area (Å²) in [6.45, 7) is 6.49. The number of benzene rings is 3. The molecule has 4 aromatic rings. The van der Waals surface area contributed by atoms with E-state index in [1.54, 1.807) is 0 Å². The Labute approximate surface area is 143 Å². The smallest absolute Gasteiger partial charge is 0.0780 e. The van der Waals surface area contributed by atoms with Gasteiger partial charge in [0.25, 0.3) is 0 Å². The Bertz CT molecular complexity index is 1040. The molecule has 24 heavy (non-hydrogen) atoms. The molecule has 0 N–H and O–H groups in total. The van der Waals surface area contributed by atoms with Crippen molar-refractivity contribution in [3.63, 3.8) is 0 Å². The molecular weight excluding hydrogens is 290 g/mol. The van der Waals surface area contributed by atoms with E-state index in [1.807, 2.05) is 6.20 Å². The average Bonchev–Trinajstić information content (AvgIpc) is 2.59. The summed E-state index contributed by atoms with van der Waals surface area (Å²) in [5.41, 5.74) is 6.20. The largest absolute Gasteiger partial charge is 0.256 e. The van der Waals surface area contributed by atoms with Gasteiger partial charge in [-0.3, -0.25) is 4.98 Å². The van der Waals surface area contributed by atoms with Crippen molar-refractivity contribution in [2.75, 3.05) is 0 Å². The van der Waals surface area contributed by atoms with Crippen molar-refractivity contribution in [1.29, 1.82) is 0 Å². The van der Waals surface area contributed by atoms with Crippen LogP contribution in [0.2, 0.25) is 0 Å². The maximum Gasteiger partial charge on any atom is 0.0780 e. The molecule has 0 atom stereocenters. The number of aryl methyl sites for hydroxylation is 3. The van der Waals surface area contributed by atoms with Gasteiger partial charge in [0.15, 0.2) is 0 Å². The topological polar surface area (TPSA) is 12.9 Å². The van der Waals surface area contributed by atoms with Crippen molar-refractivity contribution >= 4 is 21.5 Å². The first-order chi connectivity index (χ1) is 11.7. The second-order valence-electron chi connectivity index (χ2n) is 6.61. The molecule has 0 bridgehead atoms. The molecule has 0 radical (unpaired) electrons. The summed E-state index contributed by atoms with van der Waals surface area (Å²) in [5.74, 6) is 0. The van der Waals surface area contributed by atoms with E-state index in [4.69, 9.17) is 4.98 Å². The summed E-state index contributed by atoms with van der Waals surface area (Å²) in [4.78, 5) is 4.71. The van der Waals surface area contributed by atoms with E-state index >= 15 is 0 Å². The van der Waals surface area contributed by atoms with Crippen LogP contribution in [-0.4, -0.2) is 4.98 Å². The fourth-order valence-corrected chi connectivity index (χ4v) is 3.59. The SMILES string of the molecule is CCc1ccc2ccc3c(-c4cc(C)cc(C)c4)nccc3c2c1. The Kier molecular flexibility index (Phi) is 3.57. The summed E-state index contributed by atoms with van der Waals surface area (Å²) in [6, 6.07) is 20.0. The molecule has 0 fully saturated rings. The minimum atomic E-state index is 1.06. The third-order valence-corrected chi connectivity index (χ3v) is 4.73. The molecule has 0 aliphatic heterocycles. The van der Waals surface area contributed by atoms with E-state index in [0.717, 1.165) is 12.1 Å². The van der Waals surface area contributed by atoms with E-state index in [2.05, 4.69) is 75.4 Å². The Morgan fingerprint density at radius 1 is 0.750 bits per heavy atom. The van der Waals surface area contributed by atoms with Gasteiger partial charge in [-0.25, -0.2) is 0 Å². The number of hydrogen-bond acceptors (Lipinski definition) is 1. The summed E-state index contributed by atoms with van der Waals surface area (Å²) < 4.78 is 0. The van der Waals surface area contributed by atoms with Crippen LogP contribution in [0.15, 0.2) is 60.8 Å². The molecule has 1 nitrogen and oxygen atoms in total. The van der Waals surface area contributed by atoms with Crippen LogP contribution in [0.3, 0.4) is 0 Å². The van der Waals surface area contributed by atoms with Gasteiger partial charge in [0.05, 0.1) is 5.69 Å². The number of aromatic nitrogens is 1. The molecular formula is C23H21N. The molecule has 0 unspecified atom stereocenters. The zero-order valence-electron chi connectivity index (χ0n) is 14.4. The predicted octanol–water partition coefficient (Wildman–Crippen LogP) is 6.23. The highest BCUT2D eigenvalue weighted by Gasteiger charge is 2.09. The first kappa shape index (κ1) is 14.9. The molecule has 0 amide bonds. The molecule has 0 aliphatic carbocycles. The van der Waals surface area contributed by atoms with Crippen LogP contribution in [0.4, 0.5) is 0 Å². The van der Waals surface area contributed by atoms with Crippen LogP contribution in [-0.2, 0) is 6.42 Å². The fourth-order valence-electron chi connectivity index (χ4n) is 3.59. The van der Waals surface area contributed by atoms with Gasteiger partial charge in [0.1, 0.15) is 0 Å². The van der Waals surface area contributed by atoms with Gasteiger partial charge in [-0.1, -0.05) is 54.4 Å². The monoisotopic (exact) mass is 311 g/mol. The summed E-state index contributed by atoms with van der Waals surface area (Å²) in [7, 11) is 0. The Balaban J connectivity index is 2.06. The molecule has 0 saturated carbocycles. The lowest BCUT2D eigenvalue weighted by Crippen LogP contribution is -1.90. The minimum Gasteiger partial charge on any atom is -0.256 e. The lowest BCUT2D eigenvalue weighted by Gasteiger charge is -2.11. The first-order valence-corrected chi connectivity index (χ1v) is 8.55. The molecule has 0 spiro atoms. The van der Waals surface area contributed by atoms with Gasteiger partial charge in [0.2, 0.25) is 0 Å². The molecule has 1 heterocycles. The average molecular weight is 311 g/mol. The quantitative estimate of drug-likeness (QED) is 0.400. The molecule has 118 valence electrons. The van der Waals surface area contributed by atoms with Gasteiger partial charge < -0.3 is 0 Å². The second-order valence-corrected chi connectivity index (χ2v) is 6.61. The summed E-state index contributed by atoms with van der Waals surface area (Å²) >= 11 is 0. The van der Waals surface area contributed by atoms with Crippen molar-refractivity contribution in [3.05, 3.63) is 77.5 Å². The molecule has 1 aromatic heterocycles. The van der Waals surface area contributed by atoms with Gasteiger partial charge in [-0.2, -0.15) is 0 Å². The van der Waals surface area contributed by atoms with Crippen LogP contribution in [0.25, 0.3) is 32.8 Å². The lowest BCUT2D eigenvalue weighted by molar-refractivity contribution is 1.15. The Hall–Kier alpha value is -2.67. The molecule has 3 aromatic carbocycles. The Morgan fingerprint density at radius 3 is 2.25 bits per heavy atom. The van der Waals surface area contributed by atoms with Crippen molar-refractivity contribution in [2.24, 2.45) is 0 Å². The van der Waals surface area contributed by atoms with Gasteiger partial charge >= 0.3 is 0 Å². The van der Waals surface area contributed by atoms with Gasteiger partial charge in [-0.05, 0) is 60.2 Å². The third-order valence-electron chi connectivity index (χ3n) is 4.73. The standard InChI is InChI=1S/C23H21N/c1-4-17-5-6-18-7-8-21-20(22(18)14-17)9-10-24-23(21)19-12-15(2)11-16(3)13-19/h5-14H,4H2,1-3H3. The van der Waals surface area contributed by atoms with Crippen molar-refractivity contribution in [3.8, 4) is 11.3 Å². The Morgan fingerprint density at radius 2 is 1.50 bits per heavy atom. The second kappa shape index (κ2) is 5.76. The molecule has 0 saturated heterocycles. The van der Waals surface area contributed by atoms with Crippen molar-refractivity contribution in [1.82, 2.24) is 4.98 Å². The molecule has 4 rings (SSSR count). The van der Waals surface area contributed by atoms with Crippen LogP contribution >= 0.6 is 0 Å². The van der Waals surface area contributed by atoms with E-state index in [-0.39, 0.29) is 0 Å². The normalized spacial score (nSPS) is 11.3. The number of rotatable bonds is 2. The number of hydrogen-bond donors (Lipinski definition) is 0. The third kappa shape index (κ3) is 2.46. The van der Waals surface area contributed by atoms with E-state index in [0.29, 0.717) is 0 Å². The highest BCUT2D eigenvalue weighted by atomic mass is 14.7. The first-order valence-electron chi connectivity index (χ1n) is 8.55. The van der Waals surface area contributed by atoms with Crippen molar-refractivity contribution < 1.29 is 0 Å². The molecule has 1 heteroatoms. The van der Waals surface area contributed by atoms with E-state index in [9.17, 15) is 0 Å². The van der Waals surface area contributed by atoms with Gasteiger partial charge in [-0.15, -0.1) is 0 Å². The number of fused-ring (bicyclic) bond motifs is 3. The predicted molar refractivity (Wildman–Crippen MR) is 104 cm³/mol. The summed E-state index contributed by atoms with van der Waals surface area (Å²) in [6.07, 6.45) is 2.99. The minimum absolute atomic E-state index is 1.06. The number of nitrogens with zero attached hydrogens (tertiary/aromatic N) is 1. The lowest BCUT2D eigenvalue weighted by atomic mass is 9.96. The highest BCUT2D eigenvalue weighted by molar-refractivity contribution is 6.11.